The minimum absolute atomic E-state index is 0.232. The number of benzene rings is 1. The Morgan fingerprint density at radius 3 is 2.58 bits per heavy atom. The molecule has 0 spiro atoms. The summed E-state index contributed by atoms with van der Waals surface area (Å²) in [6.07, 6.45) is -0.499. The average Bonchev–Trinajstić information content (AvgIpc) is 2.24. The van der Waals surface area contributed by atoms with E-state index in [4.69, 9.17) is 4.74 Å². The smallest absolute Gasteiger partial charge is 0.316 e. The zero-order chi connectivity index (χ0) is 14.6. The number of esters is 1. The molecule has 1 aromatic rings. The van der Waals surface area contributed by atoms with Crippen LogP contribution in [0.3, 0.4) is 0 Å². The third kappa shape index (κ3) is 5.97. The molecule has 0 bridgehead atoms. The van der Waals surface area contributed by atoms with Crippen molar-refractivity contribution in [2.24, 2.45) is 0 Å². The van der Waals surface area contributed by atoms with E-state index < -0.39 is 11.7 Å². The van der Waals surface area contributed by atoms with Crippen LogP contribution in [0.2, 0.25) is 0 Å². The highest BCUT2D eigenvalue weighted by Gasteiger charge is 2.16. The van der Waals surface area contributed by atoms with E-state index in [9.17, 15) is 9.90 Å². The Labute approximate surface area is 126 Å². The highest BCUT2D eigenvalue weighted by atomic mass is 79.9. The molecule has 106 valence electrons. The zero-order valence-electron chi connectivity index (χ0n) is 11.6. The predicted octanol–water partition coefficient (Wildman–Crippen LogP) is 3.94. The van der Waals surface area contributed by atoms with Crippen molar-refractivity contribution in [3.8, 4) is 0 Å². The van der Waals surface area contributed by atoms with Crippen LogP contribution in [-0.2, 0) is 9.53 Å². The summed E-state index contributed by atoms with van der Waals surface area (Å²) in [4.78, 5) is 12.6. The summed E-state index contributed by atoms with van der Waals surface area (Å²) in [5, 5.41) is 9.48. The van der Waals surface area contributed by atoms with Crippen LogP contribution in [0.1, 0.15) is 39.4 Å². The molecule has 3 nitrogen and oxygen atoms in total. The van der Waals surface area contributed by atoms with Crippen LogP contribution in [0, 0.1) is 0 Å². The summed E-state index contributed by atoms with van der Waals surface area (Å²) in [6.45, 7) is 7.27. The SMILES string of the molecule is C[C@@H](O)c1ccc(SCC(=O)OC(C)(C)C)c(Br)c1. The zero-order valence-corrected chi connectivity index (χ0v) is 14.0. The van der Waals surface area contributed by atoms with E-state index in [2.05, 4.69) is 15.9 Å². The van der Waals surface area contributed by atoms with Crippen molar-refractivity contribution in [2.75, 3.05) is 5.75 Å². The summed E-state index contributed by atoms with van der Waals surface area (Å²) < 4.78 is 6.12. The molecule has 5 heteroatoms. The van der Waals surface area contributed by atoms with E-state index >= 15 is 0 Å². The maximum atomic E-state index is 11.6. The van der Waals surface area contributed by atoms with Gasteiger partial charge in [0.2, 0.25) is 0 Å². The number of hydrogen-bond donors (Lipinski definition) is 1. The van der Waals surface area contributed by atoms with Gasteiger partial charge in [-0.2, -0.15) is 0 Å². The molecule has 0 saturated heterocycles. The summed E-state index contributed by atoms with van der Waals surface area (Å²) in [5.74, 6) is 0.0353. The molecular weight excluding hydrogens is 328 g/mol. The summed E-state index contributed by atoms with van der Waals surface area (Å²) >= 11 is 4.86. The number of carbonyl (C=O) groups is 1. The van der Waals surface area contributed by atoms with E-state index in [1.807, 2.05) is 39.0 Å². The molecule has 0 amide bonds. The molecule has 1 atom stereocenters. The molecule has 0 radical (unpaired) electrons. The lowest BCUT2D eigenvalue weighted by Gasteiger charge is -2.19. The number of halogens is 1. The molecule has 0 heterocycles. The highest BCUT2D eigenvalue weighted by Crippen LogP contribution is 2.30. The number of aliphatic hydroxyl groups excluding tert-OH is 1. The fourth-order valence-electron chi connectivity index (χ4n) is 1.40. The molecule has 1 rings (SSSR count). The van der Waals surface area contributed by atoms with Crippen LogP contribution >= 0.6 is 27.7 Å². The quantitative estimate of drug-likeness (QED) is 0.662. The lowest BCUT2D eigenvalue weighted by Crippen LogP contribution is -2.24. The van der Waals surface area contributed by atoms with Gasteiger partial charge in [0.1, 0.15) is 5.60 Å². The van der Waals surface area contributed by atoms with Gasteiger partial charge in [-0.1, -0.05) is 6.07 Å². The van der Waals surface area contributed by atoms with Gasteiger partial charge in [0.15, 0.2) is 0 Å². The predicted molar refractivity (Wildman–Crippen MR) is 81.3 cm³/mol. The molecule has 1 N–H and O–H groups in total. The maximum absolute atomic E-state index is 11.6. The lowest BCUT2D eigenvalue weighted by atomic mass is 10.1. The Morgan fingerprint density at radius 2 is 2.11 bits per heavy atom. The first-order valence-electron chi connectivity index (χ1n) is 6.01. The van der Waals surface area contributed by atoms with E-state index in [1.165, 1.54) is 11.8 Å². The molecule has 0 unspecified atom stereocenters. The van der Waals surface area contributed by atoms with Crippen LogP contribution in [0.4, 0.5) is 0 Å². The van der Waals surface area contributed by atoms with Gasteiger partial charge in [-0.15, -0.1) is 11.8 Å². The molecule has 0 fully saturated rings. The maximum Gasteiger partial charge on any atom is 0.316 e. The van der Waals surface area contributed by atoms with E-state index in [0.717, 1.165) is 14.9 Å². The van der Waals surface area contributed by atoms with Crippen LogP contribution in [0.25, 0.3) is 0 Å². The van der Waals surface area contributed by atoms with Crippen LogP contribution in [-0.4, -0.2) is 22.4 Å². The van der Waals surface area contributed by atoms with Gasteiger partial charge < -0.3 is 9.84 Å². The third-order valence-electron chi connectivity index (χ3n) is 2.20. The van der Waals surface area contributed by atoms with Crippen molar-refractivity contribution in [2.45, 2.75) is 44.3 Å². The lowest BCUT2D eigenvalue weighted by molar-refractivity contribution is -0.151. The van der Waals surface area contributed by atoms with Crippen molar-refractivity contribution in [3.05, 3.63) is 28.2 Å². The first-order valence-corrected chi connectivity index (χ1v) is 7.79. The van der Waals surface area contributed by atoms with Gasteiger partial charge >= 0.3 is 5.97 Å². The number of thioether (sulfide) groups is 1. The molecule has 0 aliphatic carbocycles. The van der Waals surface area contributed by atoms with Gasteiger partial charge in [0, 0.05) is 9.37 Å². The monoisotopic (exact) mass is 346 g/mol. The van der Waals surface area contributed by atoms with Crippen molar-refractivity contribution >= 4 is 33.7 Å². The highest BCUT2D eigenvalue weighted by molar-refractivity contribution is 9.10. The second kappa shape index (κ2) is 6.77. The Balaban J connectivity index is 2.61. The Bertz CT molecular complexity index is 452. The second-order valence-electron chi connectivity index (χ2n) is 5.24. The molecule has 0 saturated carbocycles. The Kier molecular flexibility index (Phi) is 5.89. The molecule has 19 heavy (non-hydrogen) atoms. The minimum Gasteiger partial charge on any atom is -0.459 e. The summed E-state index contributed by atoms with van der Waals surface area (Å²) in [7, 11) is 0. The minimum atomic E-state index is -0.499. The van der Waals surface area contributed by atoms with E-state index in [1.54, 1.807) is 6.92 Å². The third-order valence-corrected chi connectivity index (χ3v) is 4.17. The van der Waals surface area contributed by atoms with Crippen molar-refractivity contribution in [1.29, 1.82) is 0 Å². The molecular formula is C14H19BrO3S. The Hall–Kier alpha value is -0.520. The number of rotatable bonds is 4. The number of ether oxygens (including phenoxy) is 1. The van der Waals surface area contributed by atoms with Gasteiger partial charge in [0.25, 0.3) is 0 Å². The standard InChI is InChI=1S/C14H19BrO3S/c1-9(16)10-5-6-12(11(15)7-10)19-8-13(17)18-14(2,3)4/h5-7,9,16H,8H2,1-4H3/t9-/m1/s1. The molecule has 0 aromatic heterocycles. The number of hydrogen-bond acceptors (Lipinski definition) is 4. The largest absolute Gasteiger partial charge is 0.459 e. The first kappa shape index (κ1) is 16.5. The molecule has 0 aliphatic rings. The topological polar surface area (TPSA) is 46.5 Å². The Morgan fingerprint density at radius 1 is 1.47 bits per heavy atom. The summed E-state index contributed by atoms with van der Waals surface area (Å²) in [5.41, 5.74) is 0.388. The average molecular weight is 347 g/mol. The number of carbonyl (C=O) groups excluding carboxylic acids is 1. The van der Waals surface area contributed by atoms with Crippen LogP contribution in [0.5, 0.6) is 0 Å². The second-order valence-corrected chi connectivity index (χ2v) is 7.11. The first-order chi connectivity index (χ1) is 8.69. The van der Waals surface area contributed by atoms with E-state index in [-0.39, 0.29) is 11.7 Å². The fraction of sp³-hybridized carbons (Fsp3) is 0.500. The van der Waals surface area contributed by atoms with Crippen LogP contribution < -0.4 is 0 Å². The van der Waals surface area contributed by atoms with E-state index in [0.29, 0.717) is 0 Å². The summed E-state index contributed by atoms with van der Waals surface area (Å²) in [6, 6.07) is 5.61. The number of aliphatic hydroxyl groups is 1. The molecule has 1 aromatic carbocycles. The van der Waals surface area contributed by atoms with Crippen molar-refractivity contribution < 1.29 is 14.6 Å². The van der Waals surface area contributed by atoms with Gasteiger partial charge in [-0.05, 0) is 61.3 Å². The van der Waals surface area contributed by atoms with Crippen molar-refractivity contribution in [1.82, 2.24) is 0 Å². The normalized spacial score (nSPS) is 13.2. The molecule has 0 aliphatic heterocycles. The van der Waals surface area contributed by atoms with Crippen LogP contribution in [0.15, 0.2) is 27.6 Å². The van der Waals surface area contributed by atoms with Gasteiger partial charge in [-0.25, -0.2) is 0 Å². The van der Waals surface area contributed by atoms with Gasteiger partial charge in [0.05, 0.1) is 11.9 Å². The van der Waals surface area contributed by atoms with Gasteiger partial charge in [-0.3, -0.25) is 4.79 Å². The van der Waals surface area contributed by atoms with Crippen molar-refractivity contribution in [3.63, 3.8) is 0 Å². The fourth-order valence-corrected chi connectivity index (χ4v) is 2.83.